The zero-order valence-corrected chi connectivity index (χ0v) is 13.3. The van der Waals surface area contributed by atoms with E-state index in [0.29, 0.717) is 18.7 Å². The predicted molar refractivity (Wildman–Crippen MR) is 88.4 cm³/mol. The molecule has 0 saturated heterocycles. The zero-order chi connectivity index (χ0) is 15.5. The molecule has 0 bridgehead atoms. The number of carbonyl (C=O) groups is 1. The van der Waals surface area contributed by atoms with E-state index in [0.717, 1.165) is 30.7 Å². The van der Waals surface area contributed by atoms with E-state index in [1.807, 2.05) is 25.1 Å². The second kappa shape index (κ2) is 10.2. The van der Waals surface area contributed by atoms with E-state index >= 15 is 0 Å². The van der Waals surface area contributed by atoms with Gasteiger partial charge in [0.1, 0.15) is 0 Å². The third-order valence-electron chi connectivity index (χ3n) is 3.48. The van der Waals surface area contributed by atoms with Crippen LogP contribution < -0.4 is 11.1 Å². The largest absolute Gasteiger partial charge is 0.398 e. The first-order valence-electron chi connectivity index (χ1n) is 7.87. The van der Waals surface area contributed by atoms with Gasteiger partial charge in [-0.25, -0.2) is 0 Å². The Balaban J connectivity index is 2.13. The van der Waals surface area contributed by atoms with Gasteiger partial charge in [-0.05, 0) is 37.5 Å². The van der Waals surface area contributed by atoms with Crippen molar-refractivity contribution in [3.8, 4) is 0 Å². The Kier molecular flexibility index (Phi) is 8.51. The summed E-state index contributed by atoms with van der Waals surface area (Å²) in [6.07, 6.45) is 6.08. The Bertz CT molecular complexity index is 433. The summed E-state index contributed by atoms with van der Waals surface area (Å²) < 4.78 is 5.52. The summed E-state index contributed by atoms with van der Waals surface area (Å²) >= 11 is 0. The van der Waals surface area contributed by atoms with Gasteiger partial charge in [-0.2, -0.15) is 0 Å². The molecule has 4 nitrogen and oxygen atoms in total. The maximum Gasteiger partial charge on any atom is 0.224 e. The molecule has 0 aliphatic heterocycles. The molecule has 118 valence electrons. The van der Waals surface area contributed by atoms with Crippen molar-refractivity contribution in [3.63, 3.8) is 0 Å². The number of carbonyl (C=O) groups excluding carboxylic acids is 1. The average Bonchev–Trinajstić information content (AvgIpc) is 2.47. The molecule has 1 aromatic carbocycles. The van der Waals surface area contributed by atoms with E-state index in [-0.39, 0.29) is 5.91 Å². The Hall–Kier alpha value is -1.55. The average molecular weight is 292 g/mol. The van der Waals surface area contributed by atoms with E-state index in [4.69, 9.17) is 10.5 Å². The van der Waals surface area contributed by atoms with E-state index in [9.17, 15) is 4.79 Å². The van der Waals surface area contributed by atoms with Gasteiger partial charge >= 0.3 is 0 Å². The van der Waals surface area contributed by atoms with Crippen LogP contribution >= 0.6 is 0 Å². The van der Waals surface area contributed by atoms with Crippen LogP contribution in [-0.4, -0.2) is 19.1 Å². The smallest absolute Gasteiger partial charge is 0.224 e. The molecule has 0 aliphatic carbocycles. The van der Waals surface area contributed by atoms with Gasteiger partial charge in [0.2, 0.25) is 5.91 Å². The third-order valence-corrected chi connectivity index (χ3v) is 3.48. The maximum atomic E-state index is 11.8. The van der Waals surface area contributed by atoms with Crippen molar-refractivity contribution in [2.75, 3.05) is 24.3 Å². The third kappa shape index (κ3) is 7.14. The van der Waals surface area contributed by atoms with Gasteiger partial charge in [0.05, 0.1) is 0 Å². The van der Waals surface area contributed by atoms with Crippen molar-refractivity contribution in [3.05, 3.63) is 23.8 Å². The number of nitrogens with two attached hydrogens (primary N) is 1. The summed E-state index contributed by atoms with van der Waals surface area (Å²) in [5, 5.41) is 2.90. The first kappa shape index (κ1) is 17.5. The van der Waals surface area contributed by atoms with Crippen LogP contribution in [0.5, 0.6) is 0 Å². The fourth-order valence-electron chi connectivity index (χ4n) is 2.07. The molecule has 1 rings (SSSR count). The summed E-state index contributed by atoms with van der Waals surface area (Å²) in [4.78, 5) is 11.8. The van der Waals surface area contributed by atoms with Crippen molar-refractivity contribution in [1.82, 2.24) is 0 Å². The topological polar surface area (TPSA) is 64.3 Å². The lowest BCUT2D eigenvalue weighted by Gasteiger charge is -2.10. The van der Waals surface area contributed by atoms with Crippen molar-refractivity contribution in [2.45, 2.75) is 52.4 Å². The standard InChI is InChI=1S/C17H28N2O2/c1-3-4-5-6-12-21-13-8-11-17(20)19-16-10-7-9-15(18)14(16)2/h7,9-10H,3-6,8,11-13,18H2,1-2H3,(H,19,20). The number of rotatable bonds is 10. The number of benzene rings is 1. The summed E-state index contributed by atoms with van der Waals surface area (Å²) in [5.41, 5.74) is 8.22. The quantitative estimate of drug-likeness (QED) is 0.508. The minimum Gasteiger partial charge on any atom is -0.398 e. The highest BCUT2D eigenvalue weighted by molar-refractivity contribution is 5.92. The molecule has 21 heavy (non-hydrogen) atoms. The van der Waals surface area contributed by atoms with Crippen molar-refractivity contribution >= 4 is 17.3 Å². The molecule has 0 spiro atoms. The molecular formula is C17H28N2O2. The molecule has 0 aliphatic rings. The SMILES string of the molecule is CCCCCCOCCCC(=O)Nc1cccc(N)c1C. The van der Waals surface area contributed by atoms with Gasteiger partial charge in [0.15, 0.2) is 0 Å². The summed E-state index contributed by atoms with van der Waals surface area (Å²) in [5.74, 6) is 0.0123. The number of nitrogen functional groups attached to an aromatic ring is 1. The van der Waals surface area contributed by atoms with Gasteiger partial charge < -0.3 is 15.8 Å². The normalized spacial score (nSPS) is 10.6. The molecule has 0 saturated carbocycles. The lowest BCUT2D eigenvalue weighted by molar-refractivity contribution is -0.116. The van der Waals surface area contributed by atoms with Crippen LogP contribution in [0.2, 0.25) is 0 Å². The maximum absolute atomic E-state index is 11.8. The molecule has 0 unspecified atom stereocenters. The number of hydrogen-bond acceptors (Lipinski definition) is 3. The van der Waals surface area contributed by atoms with Gasteiger partial charge in [-0.1, -0.05) is 32.3 Å². The number of nitrogens with one attached hydrogen (secondary N) is 1. The van der Waals surface area contributed by atoms with Gasteiger partial charge in [-0.15, -0.1) is 0 Å². The predicted octanol–water partition coefficient (Wildman–Crippen LogP) is 3.89. The molecule has 1 aromatic rings. The fourth-order valence-corrected chi connectivity index (χ4v) is 2.07. The summed E-state index contributed by atoms with van der Waals surface area (Å²) in [7, 11) is 0. The van der Waals surface area contributed by atoms with Crippen LogP contribution in [0.4, 0.5) is 11.4 Å². The van der Waals surface area contributed by atoms with Crippen LogP contribution in [0.1, 0.15) is 51.0 Å². The van der Waals surface area contributed by atoms with Crippen molar-refractivity contribution < 1.29 is 9.53 Å². The summed E-state index contributed by atoms with van der Waals surface area (Å²) in [6.45, 7) is 5.55. The van der Waals surface area contributed by atoms with Gasteiger partial charge in [0, 0.05) is 31.0 Å². The van der Waals surface area contributed by atoms with Crippen LogP contribution in [0.25, 0.3) is 0 Å². The van der Waals surface area contributed by atoms with E-state index in [2.05, 4.69) is 12.2 Å². The van der Waals surface area contributed by atoms with Gasteiger partial charge in [-0.3, -0.25) is 4.79 Å². The zero-order valence-electron chi connectivity index (χ0n) is 13.3. The van der Waals surface area contributed by atoms with Crippen molar-refractivity contribution in [2.24, 2.45) is 0 Å². The minimum atomic E-state index is 0.0123. The molecule has 1 amide bonds. The molecule has 0 heterocycles. The molecule has 3 N–H and O–H groups in total. The monoisotopic (exact) mass is 292 g/mol. The Morgan fingerprint density at radius 3 is 2.71 bits per heavy atom. The number of unbranched alkanes of at least 4 members (excludes halogenated alkanes) is 3. The number of hydrogen-bond donors (Lipinski definition) is 2. The Labute approximate surface area is 128 Å². The Morgan fingerprint density at radius 1 is 1.19 bits per heavy atom. The number of amides is 1. The molecule has 4 heteroatoms. The first-order chi connectivity index (χ1) is 10.1. The number of anilines is 2. The molecule has 0 fully saturated rings. The fraction of sp³-hybridized carbons (Fsp3) is 0.588. The Morgan fingerprint density at radius 2 is 1.95 bits per heavy atom. The van der Waals surface area contributed by atoms with E-state index in [1.165, 1.54) is 19.3 Å². The lowest BCUT2D eigenvalue weighted by Crippen LogP contribution is -2.13. The molecular weight excluding hydrogens is 264 g/mol. The second-order valence-corrected chi connectivity index (χ2v) is 5.34. The second-order valence-electron chi connectivity index (χ2n) is 5.34. The van der Waals surface area contributed by atoms with E-state index in [1.54, 1.807) is 0 Å². The molecule has 0 radical (unpaired) electrons. The highest BCUT2D eigenvalue weighted by atomic mass is 16.5. The summed E-state index contributed by atoms with van der Waals surface area (Å²) in [6, 6.07) is 5.54. The highest BCUT2D eigenvalue weighted by Gasteiger charge is 2.06. The molecule has 0 atom stereocenters. The van der Waals surface area contributed by atoms with E-state index < -0.39 is 0 Å². The van der Waals surface area contributed by atoms with Gasteiger partial charge in [0.25, 0.3) is 0 Å². The lowest BCUT2D eigenvalue weighted by atomic mass is 10.1. The highest BCUT2D eigenvalue weighted by Crippen LogP contribution is 2.20. The van der Waals surface area contributed by atoms with Crippen molar-refractivity contribution in [1.29, 1.82) is 0 Å². The number of ether oxygens (including phenoxy) is 1. The molecule has 0 aromatic heterocycles. The van der Waals surface area contributed by atoms with Crippen LogP contribution in [0, 0.1) is 6.92 Å². The minimum absolute atomic E-state index is 0.0123. The van der Waals surface area contributed by atoms with Crippen LogP contribution in [0.3, 0.4) is 0 Å². The first-order valence-corrected chi connectivity index (χ1v) is 7.87. The van der Waals surface area contributed by atoms with Crippen LogP contribution in [-0.2, 0) is 9.53 Å². The van der Waals surface area contributed by atoms with Crippen LogP contribution in [0.15, 0.2) is 18.2 Å².